The molecule has 34 heavy (non-hydrogen) atoms. The lowest BCUT2D eigenvalue weighted by Gasteiger charge is -2.15. The van der Waals surface area contributed by atoms with Crippen molar-refractivity contribution in [1.29, 1.82) is 0 Å². The molecular formula is C22H18Cl2F2N4O4. The molecule has 0 aliphatic rings. The number of aromatic nitrogens is 4. The van der Waals surface area contributed by atoms with E-state index in [9.17, 15) is 18.4 Å². The standard InChI is InChI=1S/C22H18Cl2F2N4O4/c1-22(25,26)34-16-9-14(24)8-15(10-16)33-20-27-18-17(19(31)29(3)21(32)28(18)2)30(20)11-12-4-6-13(23)7-5-12/h4-10H,11H2,1-3H3. The average Bonchev–Trinajstić information content (AvgIpc) is 3.08. The van der Waals surface area contributed by atoms with E-state index in [4.69, 9.17) is 27.9 Å². The van der Waals surface area contributed by atoms with Gasteiger partial charge in [0.1, 0.15) is 11.5 Å². The van der Waals surface area contributed by atoms with Crippen molar-refractivity contribution in [2.45, 2.75) is 19.6 Å². The second kappa shape index (κ2) is 8.77. The molecule has 0 amide bonds. The van der Waals surface area contributed by atoms with E-state index in [1.165, 1.54) is 41.4 Å². The summed E-state index contributed by atoms with van der Waals surface area (Å²) in [6, 6.07) is 10.7. The van der Waals surface area contributed by atoms with E-state index in [1.54, 1.807) is 24.3 Å². The summed E-state index contributed by atoms with van der Waals surface area (Å²) in [5.41, 5.74) is -0.159. The third-order valence-corrected chi connectivity index (χ3v) is 5.39. The first-order chi connectivity index (χ1) is 15.9. The Hall–Kier alpha value is -3.37. The first-order valence-electron chi connectivity index (χ1n) is 9.89. The summed E-state index contributed by atoms with van der Waals surface area (Å²) >= 11 is 12.0. The lowest BCUT2D eigenvalue weighted by molar-refractivity contribution is -0.158. The largest absolute Gasteiger partial charge is 0.433 e. The fourth-order valence-electron chi connectivity index (χ4n) is 3.39. The predicted octanol–water partition coefficient (Wildman–Crippen LogP) is 4.57. The van der Waals surface area contributed by atoms with Crippen LogP contribution in [0.25, 0.3) is 11.2 Å². The number of hydrogen-bond acceptors (Lipinski definition) is 5. The number of nitrogens with zero attached hydrogens (tertiary/aromatic N) is 4. The van der Waals surface area contributed by atoms with Gasteiger partial charge in [0.25, 0.3) is 5.56 Å². The number of halogens is 4. The maximum absolute atomic E-state index is 13.3. The van der Waals surface area contributed by atoms with E-state index >= 15 is 0 Å². The Bertz CT molecular complexity index is 1510. The minimum Gasteiger partial charge on any atom is -0.433 e. The number of fused-ring (bicyclic) bond motifs is 1. The van der Waals surface area contributed by atoms with Gasteiger partial charge in [-0.15, -0.1) is 0 Å². The van der Waals surface area contributed by atoms with Crippen LogP contribution < -0.4 is 20.7 Å². The highest BCUT2D eigenvalue weighted by Crippen LogP contribution is 2.33. The minimum atomic E-state index is -3.44. The maximum atomic E-state index is 13.3. The molecule has 4 rings (SSSR count). The van der Waals surface area contributed by atoms with Gasteiger partial charge in [-0.1, -0.05) is 35.3 Å². The molecule has 0 bridgehead atoms. The molecule has 178 valence electrons. The number of ether oxygens (including phenoxy) is 2. The Balaban J connectivity index is 1.88. The molecule has 0 N–H and O–H groups in total. The summed E-state index contributed by atoms with van der Waals surface area (Å²) in [4.78, 5) is 29.8. The smallest absolute Gasteiger partial charge is 0.394 e. The van der Waals surface area contributed by atoms with E-state index in [2.05, 4.69) is 9.72 Å². The first kappa shape index (κ1) is 23.8. The number of alkyl halides is 2. The molecule has 0 aliphatic heterocycles. The highest BCUT2D eigenvalue weighted by Gasteiger charge is 2.25. The van der Waals surface area contributed by atoms with Crippen molar-refractivity contribution in [2.75, 3.05) is 0 Å². The van der Waals surface area contributed by atoms with Crippen molar-refractivity contribution in [3.8, 4) is 17.5 Å². The highest BCUT2D eigenvalue weighted by molar-refractivity contribution is 6.31. The second-order valence-corrected chi connectivity index (χ2v) is 8.49. The van der Waals surface area contributed by atoms with Crippen LogP contribution in [0.2, 0.25) is 10.0 Å². The summed E-state index contributed by atoms with van der Waals surface area (Å²) < 4.78 is 40.8. The minimum absolute atomic E-state index is 0.0428. The van der Waals surface area contributed by atoms with Crippen molar-refractivity contribution in [1.82, 2.24) is 18.7 Å². The molecule has 2 aromatic carbocycles. The van der Waals surface area contributed by atoms with Gasteiger partial charge in [0.2, 0.25) is 0 Å². The average molecular weight is 511 g/mol. The molecule has 0 radical (unpaired) electrons. The zero-order valence-electron chi connectivity index (χ0n) is 18.2. The van der Waals surface area contributed by atoms with Crippen LogP contribution in [0.1, 0.15) is 12.5 Å². The molecule has 8 nitrogen and oxygen atoms in total. The SMILES string of the molecule is Cn1c(=O)c2c(nc(Oc3cc(Cl)cc(OC(C)(F)F)c3)n2Cc2ccc(Cl)cc2)n(C)c1=O. The third kappa shape index (κ3) is 4.78. The predicted molar refractivity (Wildman–Crippen MR) is 124 cm³/mol. The fraction of sp³-hybridized carbons (Fsp3) is 0.227. The number of hydrogen-bond donors (Lipinski definition) is 0. The van der Waals surface area contributed by atoms with Crippen LogP contribution in [0.15, 0.2) is 52.1 Å². The maximum Gasteiger partial charge on any atom is 0.394 e. The van der Waals surface area contributed by atoms with Crippen molar-refractivity contribution in [2.24, 2.45) is 14.1 Å². The van der Waals surface area contributed by atoms with Crippen molar-refractivity contribution in [3.05, 3.63) is 78.9 Å². The fourth-order valence-corrected chi connectivity index (χ4v) is 3.73. The Morgan fingerprint density at radius 3 is 2.26 bits per heavy atom. The summed E-state index contributed by atoms with van der Waals surface area (Å²) in [5.74, 6) is -0.181. The number of benzene rings is 2. The Labute approximate surface area is 201 Å². The van der Waals surface area contributed by atoms with Gasteiger partial charge >= 0.3 is 17.8 Å². The van der Waals surface area contributed by atoms with Crippen molar-refractivity contribution < 1.29 is 18.3 Å². The second-order valence-electron chi connectivity index (χ2n) is 7.62. The zero-order chi connectivity index (χ0) is 24.8. The summed E-state index contributed by atoms with van der Waals surface area (Å²) in [7, 11) is 2.83. The van der Waals surface area contributed by atoms with Crippen LogP contribution >= 0.6 is 23.2 Å². The molecule has 4 aromatic rings. The van der Waals surface area contributed by atoms with E-state index < -0.39 is 17.4 Å². The van der Waals surface area contributed by atoms with Crippen LogP contribution in [-0.2, 0) is 20.6 Å². The summed E-state index contributed by atoms with van der Waals surface area (Å²) in [5, 5.41) is 0.619. The number of aryl methyl sites for hydroxylation is 1. The van der Waals surface area contributed by atoms with Gasteiger partial charge in [0, 0.05) is 37.1 Å². The van der Waals surface area contributed by atoms with E-state index in [1.807, 2.05) is 0 Å². The van der Waals surface area contributed by atoms with Crippen molar-refractivity contribution in [3.63, 3.8) is 0 Å². The molecule has 2 aromatic heterocycles. The Morgan fingerprint density at radius 2 is 1.62 bits per heavy atom. The van der Waals surface area contributed by atoms with Gasteiger partial charge in [-0.25, -0.2) is 4.79 Å². The zero-order valence-corrected chi connectivity index (χ0v) is 19.7. The number of rotatable bonds is 6. The van der Waals surface area contributed by atoms with Gasteiger partial charge in [-0.2, -0.15) is 13.8 Å². The number of imidazole rings is 1. The van der Waals surface area contributed by atoms with Gasteiger partial charge in [0.15, 0.2) is 11.2 Å². The topological polar surface area (TPSA) is 80.3 Å². The molecule has 0 atom stereocenters. The van der Waals surface area contributed by atoms with Crippen LogP contribution in [0.4, 0.5) is 8.78 Å². The molecule has 0 fully saturated rings. The first-order valence-corrected chi connectivity index (χ1v) is 10.6. The highest BCUT2D eigenvalue weighted by atomic mass is 35.5. The molecule has 2 heterocycles. The quantitative estimate of drug-likeness (QED) is 0.379. The van der Waals surface area contributed by atoms with Gasteiger partial charge in [0.05, 0.1) is 6.54 Å². The van der Waals surface area contributed by atoms with E-state index in [-0.39, 0.29) is 40.2 Å². The van der Waals surface area contributed by atoms with Crippen LogP contribution in [0, 0.1) is 0 Å². The van der Waals surface area contributed by atoms with Crippen LogP contribution in [0.5, 0.6) is 17.5 Å². The Morgan fingerprint density at radius 1 is 0.971 bits per heavy atom. The lowest BCUT2D eigenvalue weighted by Crippen LogP contribution is -2.37. The van der Waals surface area contributed by atoms with Gasteiger partial charge < -0.3 is 9.47 Å². The molecule has 0 spiro atoms. The third-order valence-electron chi connectivity index (χ3n) is 4.92. The van der Waals surface area contributed by atoms with Crippen LogP contribution in [-0.4, -0.2) is 24.8 Å². The van der Waals surface area contributed by atoms with Crippen molar-refractivity contribution >= 4 is 34.4 Å². The summed E-state index contributed by atoms with van der Waals surface area (Å²) in [6.07, 6.45) is -3.44. The molecule has 12 heteroatoms. The van der Waals surface area contributed by atoms with Crippen LogP contribution in [0.3, 0.4) is 0 Å². The lowest BCUT2D eigenvalue weighted by atomic mass is 10.2. The van der Waals surface area contributed by atoms with Gasteiger partial charge in [-0.05, 0) is 29.8 Å². The monoisotopic (exact) mass is 510 g/mol. The summed E-state index contributed by atoms with van der Waals surface area (Å²) in [6.45, 7) is 0.740. The normalized spacial score (nSPS) is 11.7. The van der Waals surface area contributed by atoms with E-state index in [0.717, 1.165) is 10.1 Å². The Kier molecular flexibility index (Phi) is 6.13. The molecule has 0 unspecified atom stereocenters. The molecular weight excluding hydrogens is 493 g/mol. The van der Waals surface area contributed by atoms with E-state index in [0.29, 0.717) is 11.9 Å². The van der Waals surface area contributed by atoms with Gasteiger partial charge in [-0.3, -0.25) is 18.5 Å². The molecule has 0 saturated carbocycles. The molecule has 0 aliphatic carbocycles. The molecule has 0 saturated heterocycles.